The molecule has 0 spiro atoms. The number of hydrogen-bond donors (Lipinski definition) is 2. The molecule has 0 aliphatic heterocycles. The van der Waals surface area contributed by atoms with Crippen molar-refractivity contribution in [1.82, 2.24) is 5.32 Å². The number of hydrogen-bond acceptors (Lipinski definition) is 2. The highest BCUT2D eigenvalue weighted by Crippen LogP contribution is 2.12. The summed E-state index contributed by atoms with van der Waals surface area (Å²) in [6.45, 7) is 5.66. The van der Waals surface area contributed by atoms with E-state index in [1.807, 2.05) is 45.0 Å². The minimum atomic E-state index is -0.472. The van der Waals surface area contributed by atoms with Gasteiger partial charge in [0, 0.05) is 23.0 Å². The number of carbonyl (C=O) groups is 1. The zero-order chi connectivity index (χ0) is 13.8. The zero-order valence-corrected chi connectivity index (χ0v) is 11.9. The predicted octanol–water partition coefficient (Wildman–Crippen LogP) is 2.51. The van der Waals surface area contributed by atoms with E-state index in [0.717, 1.165) is 12.0 Å². The molecule has 18 heavy (non-hydrogen) atoms. The van der Waals surface area contributed by atoms with Crippen molar-refractivity contribution in [2.24, 2.45) is 5.73 Å². The highest BCUT2D eigenvalue weighted by Gasteiger charge is 2.17. The average Bonchev–Trinajstić information content (AvgIpc) is 2.13. The highest BCUT2D eigenvalue weighted by atomic mass is 35.5. The van der Waals surface area contributed by atoms with Crippen LogP contribution >= 0.6 is 11.6 Å². The SMILES string of the molecule is CC(Cc1cccc(Cl)c1)NC(=O)CC(C)(C)N. The van der Waals surface area contributed by atoms with Crippen molar-refractivity contribution in [3.63, 3.8) is 0 Å². The predicted molar refractivity (Wildman–Crippen MR) is 75.6 cm³/mol. The number of benzene rings is 1. The van der Waals surface area contributed by atoms with Crippen LogP contribution in [0.4, 0.5) is 0 Å². The molecule has 4 heteroatoms. The van der Waals surface area contributed by atoms with Gasteiger partial charge in [0.2, 0.25) is 5.91 Å². The maximum Gasteiger partial charge on any atom is 0.222 e. The van der Waals surface area contributed by atoms with Gasteiger partial charge in [0.1, 0.15) is 0 Å². The topological polar surface area (TPSA) is 55.1 Å². The first-order chi connectivity index (χ1) is 8.26. The van der Waals surface area contributed by atoms with Crippen molar-refractivity contribution in [2.45, 2.75) is 45.2 Å². The van der Waals surface area contributed by atoms with Crippen LogP contribution in [0.2, 0.25) is 5.02 Å². The van der Waals surface area contributed by atoms with E-state index in [-0.39, 0.29) is 11.9 Å². The van der Waals surface area contributed by atoms with Gasteiger partial charge >= 0.3 is 0 Å². The Kier molecular flexibility index (Phi) is 5.17. The van der Waals surface area contributed by atoms with Crippen molar-refractivity contribution in [2.75, 3.05) is 0 Å². The summed E-state index contributed by atoms with van der Waals surface area (Å²) >= 11 is 5.92. The fourth-order valence-corrected chi connectivity index (χ4v) is 2.02. The molecule has 0 aromatic heterocycles. The van der Waals surface area contributed by atoms with Crippen LogP contribution in [0.25, 0.3) is 0 Å². The molecule has 3 nitrogen and oxygen atoms in total. The van der Waals surface area contributed by atoms with E-state index in [1.54, 1.807) is 0 Å². The Morgan fingerprint density at radius 1 is 1.50 bits per heavy atom. The standard InChI is InChI=1S/C14H21ClN2O/c1-10(17-13(18)9-14(2,3)16)7-11-5-4-6-12(15)8-11/h4-6,8,10H,7,9,16H2,1-3H3,(H,17,18). The molecule has 0 aliphatic rings. The molecule has 1 rings (SSSR count). The largest absolute Gasteiger partial charge is 0.353 e. The second-order valence-electron chi connectivity index (χ2n) is 5.47. The Morgan fingerprint density at radius 3 is 2.72 bits per heavy atom. The first-order valence-corrected chi connectivity index (χ1v) is 6.47. The molecule has 1 aromatic rings. The number of nitrogens with two attached hydrogens (primary N) is 1. The third-order valence-corrected chi connectivity index (χ3v) is 2.69. The van der Waals surface area contributed by atoms with E-state index in [9.17, 15) is 4.79 Å². The normalized spacial score (nSPS) is 13.2. The summed E-state index contributed by atoms with van der Waals surface area (Å²) in [5.74, 6) is -0.0166. The highest BCUT2D eigenvalue weighted by molar-refractivity contribution is 6.30. The third kappa shape index (κ3) is 6.03. The summed E-state index contributed by atoms with van der Waals surface area (Å²) in [6.07, 6.45) is 1.09. The number of amides is 1. The van der Waals surface area contributed by atoms with Crippen LogP contribution in [0, 0.1) is 0 Å². The fourth-order valence-electron chi connectivity index (χ4n) is 1.81. The Bertz CT molecular complexity index is 413. The molecule has 1 amide bonds. The molecule has 0 saturated carbocycles. The summed E-state index contributed by atoms with van der Waals surface area (Å²) in [7, 11) is 0. The van der Waals surface area contributed by atoms with Gasteiger partial charge in [0.25, 0.3) is 0 Å². The maximum absolute atomic E-state index is 11.7. The van der Waals surface area contributed by atoms with Gasteiger partial charge in [0.15, 0.2) is 0 Å². The zero-order valence-electron chi connectivity index (χ0n) is 11.2. The monoisotopic (exact) mass is 268 g/mol. The van der Waals surface area contributed by atoms with Gasteiger partial charge in [0.05, 0.1) is 0 Å². The van der Waals surface area contributed by atoms with Gasteiger partial charge in [-0.05, 0) is 44.9 Å². The summed E-state index contributed by atoms with van der Waals surface area (Å²) in [5, 5.41) is 3.66. The van der Waals surface area contributed by atoms with Crippen molar-refractivity contribution in [3.05, 3.63) is 34.9 Å². The van der Waals surface area contributed by atoms with Gasteiger partial charge in [-0.3, -0.25) is 4.79 Å². The number of nitrogens with one attached hydrogen (secondary N) is 1. The van der Waals surface area contributed by atoms with Crippen LogP contribution in [-0.4, -0.2) is 17.5 Å². The van der Waals surface area contributed by atoms with E-state index < -0.39 is 5.54 Å². The van der Waals surface area contributed by atoms with E-state index in [4.69, 9.17) is 17.3 Å². The molecule has 3 N–H and O–H groups in total. The average molecular weight is 269 g/mol. The van der Waals surface area contributed by atoms with Crippen LogP contribution in [0.3, 0.4) is 0 Å². The van der Waals surface area contributed by atoms with Gasteiger partial charge in [-0.15, -0.1) is 0 Å². The lowest BCUT2D eigenvalue weighted by molar-refractivity contribution is -0.122. The molecule has 1 aromatic carbocycles. The Balaban J connectivity index is 2.47. The quantitative estimate of drug-likeness (QED) is 0.862. The molecule has 0 saturated heterocycles. The van der Waals surface area contributed by atoms with E-state index >= 15 is 0 Å². The van der Waals surface area contributed by atoms with E-state index in [0.29, 0.717) is 11.4 Å². The first-order valence-electron chi connectivity index (χ1n) is 6.09. The van der Waals surface area contributed by atoms with Crippen LogP contribution < -0.4 is 11.1 Å². The molecule has 0 fully saturated rings. The lowest BCUT2D eigenvalue weighted by Crippen LogP contribution is -2.42. The van der Waals surface area contributed by atoms with Crippen LogP contribution in [0.1, 0.15) is 32.8 Å². The van der Waals surface area contributed by atoms with Crippen LogP contribution in [-0.2, 0) is 11.2 Å². The third-order valence-electron chi connectivity index (χ3n) is 2.45. The maximum atomic E-state index is 11.7. The fraction of sp³-hybridized carbons (Fsp3) is 0.500. The molecule has 1 unspecified atom stereocenters. The molecule has 1 atom stereocenters. The van der Waals surface area contributed by atoms with Gasteiger partial charge < -0.3 is 11.1 Å². The summed E-state index contributed by atoms with van der Waals surface area (Å²) < 4.78 is 0. The van der Waals surface area contributed by atoms with Crippen LogP contribution in [0.15, 0.2) is 24.3 Å². The Morgan fingerprint density at radius 2 is 2.17 bits per heavy atom. The smallest absolute Gasteiger partial charge is 0.222 e. The second kappa shape index (κ2) is 6.21. The van der Waals surface area contributed by atoms with Gasteiger partial charge in [-0.1, -0.05) is 23.7 Å². The molecule has 0 heterocycles. The van der Waals surface area contributed by atoms with E-state index in [2.05, 4.69) is 5.32 Å². The van der Waals surface area contributed by atoms with Crippen molar-refractivity contribution >= 4 is 17.5 Å². The van der Waals surface area contributed by atoms with Crippen molar-refractivity contribution in [1.29, 1.82) is 0 Å². The lowest BCUT2D eigenvalue weighted by atomic mass is 10.0. The molecule has 0 radical (unpaired) electrons. The summed E-state index contributed by atoms with van der Waals surface area (Å²) in [6, 6.07) is 7.73. The van der Waals surface area contributed by atoms with Crippen LogP contribution in [0.5, 0.6) is 0 Å². The molecule has 0 bridgehead atoms. The molecular formula is C14H21ClN2O. The summed E-state index contributed by atoms with van der Waals surface area (Å²) in [4.78, 5) is 11.7. The minimum Gasteiger partial charge on any atom is -0.353 e. The van der Waals surface area contributed by atoms with Crippen molar-refractivity contribution in [3.8, 4) is 0 Å². The summed E-state index contributed by atoms with van der Waals surface area (Å²) in [5.41, 5.74) is 6.45. The van der Waals surface area contributed by atoms with Crippen molar-refractivity contribution < 1.29 is 4.79 Å². The first kappa shape index (κ1) is 15.0. The van der Waals surface area contributed by atoms with E-state index in [1.165, 1.54) is 0 Å². The molecule has 100 valence electrons. The second-order valence-corrected chi connectivity index (χ2v) is 5.90. The van der Waals surface area contributed by atoms with Gasteiger partial charge in [-0.2, -0.15) is 0 Å². The van der Waals surface area contributed by atoms with Gasteiger partial charge in [-0.25, -0.2) is 0 Å². The Hall–Kier alpha value is -1.06. The number of carbonyl (C=O) groups excluding carboxylic acids is 1. The molecule has 0 aliphatic carbocycles. The number of halogens is 1. The lowest BCUT2D eigenvalue weighted by Gasteiger charge is -2.20. The minimum absolute atomic E-state index is 0.0166. The Labute approximate surface area is 114 Å². The molecular weight excluding hydrogens is 248 g/mol. The number of rotatable bonds is 5.